The Kier molecular flexibility index (Phi) is 4.48. The first kappa shape index (κ1) is 18.6. The number of fused-ring (bicyclic) bond motifs is 1. The standard InChI is InChI=1S/C24H18N4O3/c1-31-21-12-11-16(28(29)30)13-18(21)23-22(15-7-3-2-4-8-15)26-24(27-23)19-14-25-20-10-6-5-9-17(19)20/h2-14,25H,1H3,(H,26,27). The molecule has 0 radical (unpaired) electrons. The molecule has 0 aliphatic heterocycles. The summed E-state index contributed by atoms with van der Waals surface area (Å²) in [6.07, 6.45) is 1.91. The average Bonchev–Trinajstić information content (AvgIpc) is 3.43. The van der Waals surface area contributed by atoms with Gasteiger partial charge in [-0.1, -0.05) is 48.5 Å². The van der Waals surface area contributed by atoms with Gasteiger partial charge in [0, 0.05) is 45.9 Å². The number of nitro groups is 1. The number of H-pyrrole nitrogens is 2. The van der Waals surface area contributed by atoms with Gasteiger partial charge in [-0.2, -0.15) is 0 Å². The smallest absolute Gasteiger partial charge is 0.270 e. The third-order valence-corrected chi connectivity index (χ3v) is 5.26. The Morgan fingerprint density at radius 1 is 0.968 bits per heavy atom. The molecule has 0 amide bonds. The molecule has 2 N–H and O–H groups in total. The van der Waals surface area contributed by atoms with Crippen molar-refractivity contribution >= 4 is 16.6 Å². The van der Waals surface area contributed by atoms with Gasteiger partial charge in [0.25, 0.3) is 5.69 Å². The van der Waals surface area contributed by atoms with Crippen molar-refractivity contribution in [3.8, 4) is 39.7 Å². The van der Waals surface area contributed by atoms with Crippen molar-refractivity contribution in [3.63, 3.8) is 0 Å². The third kappa shape index (κ3) is 3.22. The maximum Gasteiger partial charge on any atom is 0.270 e. The summed E-state index contributed by atoms with van der Waals surface area (Å²) in [5.74, 6) is 1.19. The van der Waals surface area contributed by atoms with Gasteiger partial charge in [0.15, 0.2) is 0 Å². The monoisotopic (exact) mass is 410 g/mol. The van der Waals surface area contributed by atoms with Crippen LogP contribution in [0.25, 0.3) is 44.8 Å². The number of nitrogens with zero attached hydrogens (tertiary/aromatic N) is 2. The van der Waals surface area contributed by atoms with Crippen molar-refractivity contribution in [2.45, 2.75) is 0 Å². The van der Waals surface area contributed by atoms with Gasteiger partial charge in [-0.05, 0) is 12.1 Å². The van der Waals surface area contributed by atoms with Crippen molar-refractivity contribution in [3.05, 3.63) is 89.1 Å². The van der Waals surface area contributed by atoms with Gasteiger partial charge in [-0.15, -0.1) is 0 Å². The van der Waals surface area contributed by atoms with Crippen LogP contribution in [0.5, 0.6) is 5.75 Å². The minimum Gasteiger partial charge on any atom is -0.496 e. The number of imidazole rings is 1. The number of ether oxygens (including phenoxy) is 1. The van der Waals surface area contributed by atoms with E-state index in [1.54, 1.807) is 13.2 Å². The Morgan fingerprint density at radius 2 is 1.74 bits per heavy atom. The second kappa shape index (κ2) is 7.46. The summed E-state index contributed by atoms with van der Waals surface area (Å²) in [6, 6.07) is 22.3. The zero-order valence-corrected chi connectivity index (χ0v) is 16.6. The van der Waals surface area contributed by atoms with Crippen LogP contribution >= 0.6 is 0 Å². The van der Waals surface area contributed by atoms with Crippen LogP contribution in [-0.4, -0.2) is 27.0 Å². The van der Waals surface area contributed by atoms with Crippen LogP contribution in [0, 0.1) is 10.1 Å². The molecule has 2 heterocycles. The number of nitrogens with one attached hydrogen (secondary N) is 2. The lowest BCUT2D eigenvalue weighted by atomic mass is 10.0. The lowest BCUT2D eigenvalue weighted by Crippen LogP contribution is -1.94. The van der Waals surface area contributed by atoms with Crippen molar-refractivity contribution in [2.24, 2.45) is 0 Å². The molecule has 5 aromatic rings. The number of non-ortho nitro benzene ring substituents is 1. The van der Waals surface area contributed by atoms with Crippen molar-refractivity contribution in [2.75, 3.05) is 7.11 Å². The number of hydrogen-bond acceptors (Lipinski definition) is 4. The maximum absolute atomic E-state index is 11.4. The molecular weight excluding hydrogens is 392 g/mol. The Hall–Kier alpha value is -4.39. The van der Waals surface area contributed by atoms with Gasteiger partial charge in [0.1, 0.15) is 11.6 Å². The Balaban J connectivity index is 1.78. The summed E-state index contributed by atoms with van der Waals surface area (Å²) in [4.78, 5) is 22.6. The van der Waals surface area contributed by atoms with Gasteiger partial charge >= 0.3 is 0 Å². The lowest BCUT2D eigenvalue weighted by molar-refractivity contribution is -0.384. The Bertz CT molecular complexity index is 1400. The molecule has 7 nitrogen and oxygen atoms in total. The van der Waals surface area contributed by atoms with E-state index in [1.165, 1.54) is 12.1 Å². The molecule has 0 fully saturated rings. The number of para-hydroxylation sites is 1. The molecule has 3 aromatic carbocycles. The van der Waals surface area contributed by atoms with Gasteiger partial charge in [0.05, 0.1) is 23.4 Å². The van der Waals surface area contributed by atoms with Gasteiger partial charge in [0.2, 0.25) is 0 Å². The quantitative estimate of drug-likeness (QED) is 0.282. The minimum atomic E-state index is -0.415. The van der Waals surface area contributed by atoms with E-state index in [-0.39, 0.29) is 5.69 Å². The van der Waals surface area contributed by atoms with E-state index in [2.05, 4.69) is 9.97 Å². The Morgan fingerprint density at radius 3 is 2.52 bits per heavy atom. The minimum absolute atomic E-state index is 0.0157. The molecule has 7 heteroatoms. The van der Waals surface area contributed by atoms with Crippen LogP contribution < -0.4 is 4.74 Å². The van der Waals surface area contributed by atoms with Gasteiger partial charge < -0.3 is 14.7 Å². The molecule has 0 aliphatic carbocycles. The fourth-order valence-corrected chi connectivity index (χ4v) is 3.77. The van der Waals surface area contributed by atoms with Crippen molar-refractivity contribution in [1.29, 1.82) is 0 Å². The topological polar surface area (TPSA) is 96.8 Å². The summed E-state index contributed by atoms with van der Waals surface area (Å²) < 4.78 is 5.52. The Labute approximate surface area is 177 Å². The number of aromatic amines is 2. The number of benzene rings is 3. The van der Waals surface area contributed by atoms with E-state index in [0.29, 0.717) is 28.5 Å². The third-order valence-electron chi connectivity index (χ3n) is 5.26. The molecule has 0 bridgehead atoms. The van der Waals surface area contributed by atoms with Crippen LogP contribution in [0.2, 0.25) is 0 Å². The number of aromatic nitrogens is 3. The number of hydrogen-bond donors (Lipinski definition) is 2. The number of methoxy groups -OCH3 is 1. The molecule has 0 saturated carbocycles. The van der Waals surface area contributed by atoms with E-state index < -0.39 is 4.92 Å². The summed E-state index contributed by atoms with van der Waals surface area (Å²) in [7, 11) is 1.55. The van der Waals surface area contributed by atoms with Crippen LogP contribution in [0.15, 0.2) is 79.0 Å². The summed E-state index contributed by atoms with van der Waals surface area (Å²) in [5.41, 5.74) is 4.74. The van der Waals surface area contributed by atoms with E-state index in [4.69, 9.17) is 9.72 Å². The first-order valence-electron chi connectivity index (χ1n) is 9.70. The molecule has 5 rings (SSSR count). The highest BCUT2D eigenvalue weighted by molar-refractivity contribution is 5.95. The molecule has 0 spiro atoms. The van der Waals surface area contributed by atoms with E-state index in [1.807, 2.05) is 60.8 Å². The highest BCUT2D eigenvalue weighted by atomic mass is 16.6. The van der Waals surface area contributed by atoms with E-state index in [0.717, 1.165) is 22.0 Å². The second-order valence-corrected chi connectivity index (χ2v) is 7.06. The van der Waals surface area contributed by atoms with E-state index >= 15 is 0 Å². The largest absolute Gasteiger partial charge is 0.496 e. The molecule has 0 unspecified atom stereocenters. The molecule has 31 heavy (non-hydrogen) atoms. The van der Waals surface area contributed by atoms with Gasteiger partial charge in [-0.3, -0.25) is 10.1 Å². The average molecular weight is 410 g/mol. The summed E-state index contributed by atoms with van der Waals surface area (Å²) >= 11 is 0. The van der Waals surface area contributed by atoms with Crippen LogP contribution in [0.3, 0.4) is 0 Å². The first-order valence-corrected chi connectivity index (χ1v) is 9.70. The molecule has 0 atom stereocenters. The highest BCUT2D eigenvalue weighted by Crippen LogP contribution is 2.40. The fraction of sp³-hybridized carbons (Fsp3) is 0.0417. The first-order chi connectivity index (χ1) is 15.2. The van der Waals surface area contributed by atoms with Crippen molar-refractivity contribution < 1.29 is 9.66 Å². The fourth-order valence-electron chi connectivity index (χ4n) is 3.77. The molecule has 152 valence electrons. The maximum atomic E-state index is 11.4. The zero-order valence-electron chi connectivity index (χ0n) is 16.6. The number of rotatable bonds is 5. The zero-order chi connectivity index (χ0) is 21.4. The molecular formula is C24H18N4O3. The van der Waals surface area contributed by atoms with Crippen LogP contribution in [0.4, 0.5) is 5.69 Å². The molecule has 2 aromatic heterocycles. The number of nitro benzene ring substituents is 1. The summed E-state index contributed by atoms with van der Waals surface area (Å²) in [5, 5.41) is 12.4. The van der Waals surface area contributed by atoms with E-state index in [9.17, 15) is 10.1 Å². The van der Waals surface area contributed by atoms with Gasteiger partial charge in [-0.25, -0.2) is 4.98 Å². The molecule has 0 saturated heterocycles. The van der Waals surface area contributed by atoms with Crippen molar-refractivity contribution in [1.82, 2.24) is 15.0 Å². The summed E-state index contributed by atoms with van der Waals surface area (Å²) in [6.45, 7) is 0. The highest BCUT2D eigenvalue weighted by Gasteiger charge is 2.21. The lowest BCUT2D eigenvalue weighted by Gasteiger charge is -2.09. The SMILES string of the molecule is COc1ccc([N+](=O)[O-])cc1-c1[nH]c(-c2c[nH]c3ccccc23)nc1-c1ccccc1. The second-order valence-electron chi connectivity index (χ2n) is 7.06. The predicted molar refractivity (Wildman–Crippen MR) is 120 cm³/mol. The predicted octanol–water partition coefficient (Wildman–Crippen LogP) is 5.81. The van der Waals surface area contributed by atoms with Crippen LogP contribution in [0.1, 0.15) is 0 Å². The normalized spacial score (nSPS) is 11.0. The molecule has 0 aliphatic rings. The van der Waals surface area contributed by atoms with Crippen LogP contribution in [-0.2, 0) is 0 Å².